The van der Waals surface area contributed by atoms with Gasteiger partial charge in [0.2, 0.25) is 0 Å². The van der Waals surface area contributed by atoms with Crippen LogP contribution in [0.1, 0.15) is 51.2 Å². The van der Waals surface area contributed by atoms with E-state index in [4.69, 9.17) is 9.47 Å². The topological polar surface area (TPSA) is 18.5 Å². The molecular formula is C18H26O2. The van der Waals surface area contributed by atoms with Crippen molar-refractivity contribution >= 4 is 6.08 Å². The van der Waals surface area contributed by atoms with Crippen molar-refractivity contribution in [2.45, 2.75) is 51.7 Å². The van der Waals surface area contributed by atoms with Crippen LogP contribution in [0.15, 0.2) is 30.3 Å². The van der Waals surface area contributed by atoms with Crippen molar-refractivity contribution in [1.82, 2.24) is 0 Å². The Hall–Kier alpha value is -1.12. The van der Waals surface area contributed by atoms with Crippen molar-refractivity contribution < 1.29 is 9.47 Å². The van der Waals surface area contributed by atoms with Crippen molar-refractivity contribution in [3.63, 3.8) is 0 Å². The molecule has 0 saturated carbocycles. The molecule has 1 aliphatic heterocycles. The van der Waals surface area contributed by atoms with Crippen molar-refractivity contribution in [3.05, 3.63) is 41.5 Å². The third-order valence-electron chi connectivity index (χ3n) is 3.60. The summed E-state index contributed by atoms with van der Waals surface area (Å²) in [5, 5.41) is 0. The van der Waals surface area contributed by atoms with Gasteiger partial charge in [-0.25, -0.2) is 0 Å². The van der Waals surface area contributed by atoms with Gasteiger partial charge in [0.1, 0.15) is 0 Å². The summed E-state index contributed by atoms with van der Waals surface area (Å²) in [6.45, 7) is 8.15. The first-order valence-corrected chi connectivity index (χ1v) is 7.56. The standard InChI is InChI=1S/C18H26O2/c1-18(2,3)16-11-9-15(10-12-16)7-6-14-20-17-8-4-5-13-19-17/h6-7,9-12,17H,4-5,8,13-14H2,1-3H3/b7-6+. The van der Waals surface area contributed by atoms with E-state index in [0.717, 1.165) is 19.4 Å². The zero-order valence-electron chi connectivity index (χ0n) is 12.9. The molecule has 0 amide bonds. The maximum absolute atomic E-state index is 5.67. The second-order valence-electron chi connectivity index (χ2n) is 6.40. The molecule has 1 heterocycles. The smallest absolute Gasteiger partial charge is 0.157 e. The molecule has 2 nitrogen and oxygen atoms in total. The van der Waals surface area contributed by atoms with Gasteiger partial charge in [0.25, 0.3) is 0 Å². The summed E-state index contributed by atoms with van der Waals surface area (Å²) in [7, 11) is 0. The molecule has 0 N–H and O–H groups in total. The summed E-state index contributed by atoms with van der Waals surface area (Å²) in [5.41, 5.74) is 2.79. The van der Waals surface area contributed by atoms with Gasteiger partial charge in [-0.1, -0.05) is 57.2 Å². The SMILES string of the molecule is CC(C)(C)c1ccc(/C=C/COC2CCCCO2)cc1. The predicted octanol–water partition coefficient (Wildman–Crippen LogP) is 4.54. The number of ether oxygens (including phenoxy) is 2. The molecule has 2 heteroatoms. The van der Waals surface area contributed by atoms with Crippen LogP contribution in [0.4, 0.5) is 0 Å². The first-order valence-electron chi connectivity index (χ1n) is 7.56. The molecule has 0 radical (unpaired) electrons. The van der Waals surface area contributed by atoms with Crippen LogP contribution in [0.2, 0.25) is 0 Å². The van der Waals surface area contributed by atoms with Gasteiger partial charge in [-0.2, -0.15) is 0 Å². The lowest BCUT2D eigenvalue weighted by Gasteiger charge is -2.21. The Labute approximate surface area is 122 Å². The maximum atomic E-state index is 5.67. The van der Waals surface area contributed by atoms with Crippen LogP contribution in [-0.2, 0) is 14.9 Å². The largest absolute Gasteiger partial charge is 0.353 e. The molecule has 1 saturated heterocycles. The average Bonchev–Trinajstić information content (AvgIpc) is 2.44. The summed E-state index contributed by atoms with van der Waals surface area (Å²) in [6.07, 6.45) is 7.56. The summed E-state index contributed by atoms with van der Waals surface area (Å²) in [5.74, 6) is 0. The molecule has 0 aliphatic carbocycles. The highest BCUT2D eigenvalue weighted by atomic mass is 16.7. The Kier molecular flexibility index (Phi) is 5.38. The molecule has 1 aromatic rings. The van der Waals surface area contributed by atoms with Crippen molar-refractivity contribution in [2.75, 3.05) is 13.2 Å². The highest BCUT2D eigenvalue weighted by Gasteiger charge is 2.13. The molecule has 1 fully saturated rings. The minimum atomic E-state index is -0.00309. The molecule has 1 unspecified atom stereocenters. The zero-order valence-corrected chi connectivity index (χ0v) is 12.9. The minimum Gasteiger partial charge on any atom is -0.353 e. The molecule has 2 rings (SSSR count). The Morgan fingerprint density at radius 3 is 2.55 bits per heavy atom. The Morgan fingerprint density at radius 1 is 1.20 bits per heavy atom. The van der Waals surface area contributed by atoms with Crippen molar-refractivity contribution in [2.24, 2.45) is 0 Å². The van der Waals surface area contributed by atoms with Crippen LogP contribution in [0.3, 0.4) is 0 Å². The Balaban J connectivity index is 1.79. The highest BCUT2D eigenvalue weighted by molar-refractivity contribution is 5.50. The summed E-state index contributed by atoms with van der Waals surface area (Å²) >= 11 is 0. The van der Waals surface area contributed by atoms with Crippen LogP contribution in [0, 0.1) is 0 Å². The molecule has 0 bridgehead atoms. The normalized spacial score (nSPS) is 20.4. The first kappa shape index (κ1) is 15.3. The van der Waals surface area contributed by atoms with E-state index in [9.17, 15) is 0 Å². The number of hydrogen-bond donors (Lipinski definition) is 0. The van der Waals surface area contributed by atoms with Gasteiger partial charge in [-0.3, -0.25) is 0 Å². The van der Waals surface area contributed by atoms with Crippen LogP contribution in [-0.4, -0.2) is 19.5 Å². The molecule has 0 spiro atoms. The van der Waals surface area contributed by atoms with Crippen LogP contribution in [0.25, 0.3) is 6.08 Å². The molecule has 1 aromatic carbocycles. The quantitative estimate of drug-likeness (QED) is 0.802. The van der Waals surface area contributed by atoms with E-state index in [1.807, 2.05) is 0 Å². The van der Waals surface area contributed by atoms with Crippen LogP contribution >= 0.6 is 0 Å². The van der Waals surface area contributed by atoms with E-state index < -0.39 is 0 Å². The first-order chi connectivity index (χ1) is 9.55. The lowest BCUT2D eigenvalue weighted by atomic mass is 9.87. The fourth-order valence-electron chi connectivity index (χ4n) is 2.28. The number of hydrogen-bond acceptors (Lipinski definition) is 2. The van der Waals surface area contributed by atoms with Gasteiger partial charge in [0.15, 0.2) is 6.29 Å². The molecule has 110 valence electrons. The zero-order chi connectivity index (χ0) is 14.4. The third kappa shape index (κ3) is 4.77. The summed E-state index contributed by atoms with van der Waals surface area (Å²) in [6, 6.07) is 8.72. The highest BCUT2D eigenvalue weighted by Crippen LogP contribution is 2.22. The van der Waals surface area contributed by atoms with E-state index in [2.05, 4.69) is 57.2 Å². The Morgan fingerprint density at radius 2 is 1.95 bits per heavy atom. The fraction of sp³-hybridized carbons (Fsp3) is 0.556. The van der Waals surface area contributed by atoms with Gasteiger partial charge in [-0.05, 0) is 35.8 Å². The number of rotatable bonds is 4. The summed E-state index contributed by atoms with van der Waals surface area (Å²) in [4.78, 5) is 0. The monoisotopic (exact) mass is 274 g/mol. The average molecular weight is 274 g/mol. The van der Waals surface area contributed by atoms with Gasteiger partial charge >= 0.3 is 0 Å². The van der Waals surface area contributed by atoms with Gasteiger partial charge in [0.05, 0.1) is 6.61 Å². The van der Waals surface area contributed by atoms with Crippen LogP contribution in [0.5, 0.6) is 0 Å². The molecular weight excluding hydrogens is 248 g/mol. The van der Waals surface area contributed by atoms with Crippen LogP contribution < -0.4 is 0 Å². The molecule has 1 aliphatic rings. The van der Waals surface area contributed by atoms with E-state index in [-0.39, 0.29) is 11.7 Å². The molecule has 20 heavy (non-hydrogen) atoms. The van der Waals surface area contributed by atoms with Gasteiger partial charge < -0.3 is 9.47 Å². The minimum absolute atomic E-state index is 0.00309. The van der Waals surface area contributed by atoms with Crippen molar-refractivity contribution in [1.29, 1.82) is 0 Å². The van der Waals surface area contributed by atoms with E-state index in [0.29, 0.717) is 6.61 Å². The van der Waals surface area contributed by atoms with E-state index >= 15 is 0 Å². The van der Waals surface area contributed by atoms with Gasteiger partial charge in [-0.15, -0.1) is 0 Å². The predicted molar refractivity (Wildman–Crippen MR) is 83.7 cm³/mol. The maximum Gasteiger partial charge on any atom is 0.157 e. The third-order valence-corrected chi connectivity index (χ3v) is 3.60. The molecule has 1 atom stereocenters. The van der Waals surface area contributed by atoms with Gasteiger partial charge in [0, 0.05) is 6.61 Å². The molecule has 0 aromatic heterocycles. The lowest BCUT2D eigenvalue weighted by molar-refractivity contribution is -0.155. The summed E-state index contributed by atoms with van der Waals surface area (Å²) < 4.78 is 11.2. The van der Waals surface area contributed by atoms with E-state index in [1.165, 1.54) is 17.5 Å². The fourth-order valence-corrected chi connectivity index (χ4v) is 2.28. The van der Waals surface area contributed by atoms with Crippen molar-refractivity contribution in [3.8, 4) is 0 Å². The Bertz CT molecular complexity index is 420. The van der Waals surface area contributed by atoms with E-state index in [1.54, 1.807) is 0 Å². The second-order valence-corrected chi connectivity index (χ2v) is 6.40. The lowest BCUT2D eigenvalue weighted by Crippen LogP contribution is -2.22. The number of benzene rings is 1. The second kappa shape index (κ2) is 7.05.